The number of hydrogen-bond acceptors (Lipinski definition) is 6. The molecule has 0 saturated carbocycles. The Morgan fingerprint density at radius 2 is 1.66 bits per heavy atom. The number of amides is 1. The summed E-state index contributed by atoms with van der Waals surface area (Å²) in [7, 11) is 0. The Kier molecular flexibility index (Phi) is 8.98. The minimum atomic E-state index is -0.0973. The zero-order valence-corrected chi connectivity index (χ0v) is 19.7. The Morgan fingerprint density at radius 1 is 0.969 bits per heavy atom. The van der Waals surface area contributed by atoms with Crippen molar-refractivity contribution in [3.63, 3.8) is 0 Å². The summed E-state index contributed by atoms with van der Waals surface area (Å²) < 4.78 is 13.2. The lowest BCUT2D eigenvalue weighted by Gasteiger charge is -2.09. The Morgan fingerprint density at radius 3 is 2.31 bits per heavy atom. The molecule has 1 aromatic heterocycles. The van der Waals surface area contributed by atoms with Crippen LogP contribution < -0.4 is 14.8 Å². The second-order valence-corrected chi connectivity index (χ2v) is 8.01. The van der Waals surface area contributed by atoms with Crippen LogP contribution in [0.4, 0.5) is 5.69 Å². The molecule has 8 heteroatoms. The molecule has 170 valence electrons. The van der Waals surface area contributed by atoms with E-state index in [0.717, 1.165) is 48.0 Å². The van der Waals surface area contributed by atoms with Crippen molar-refractivity contribution in [1.82, 2.24) is 14.8 Å². The number of nitrogens with one attached hydrogen (secondary N) is 1. The number of carbonyl (C=O) groups excluding carboxylic acids is 1. The van der Waals surface area contributed by atoms with E-state index in [0.29, 0.717) is 18.3 Å². The third-order valence-electron chi connectivity index (χ3n) is 4.69. The van der Waals surface area contributed by atoms with Gasteiger partial charge in [-0.3, -0.25) is 4.79 Å². The molecule has 1 amide bonds. The van der Waals surface area contributed by atoms with Gasteiger partial charge in [0.1, 0.15) is 11.5 Å². The van der Waals surface area contributed by atoms with Crippen molar-refractivity contribution in [2.45, 2.75) is 45.3 Å². The first kappa shape index (κ1) is 23.7. The minimum Gasteiger partial charge on any atom is -0.494 e. The van der Waals surface area contributed by atoms with E-state index in [4.69, 9.17) is 9.47 Å². The van der Waals surface area contributed by atoms with Gasteiger partial charge in [0.05, 0.1) is 19.0 Å². The predicted molar refractivity (Wildman–Crippen MR) is 128 cm³/mol. The molecule has 3 rings (SSSR count). The highest BCUT2D eigenvalue weighted by Crippen LogP contribution is 2.26. The number of nitrogens with zero attached hydrogens (tertiary/aromatic N) is 3. The van der Waals surface area contributed by atoms with Crippen LogP contribution in [0.25, 0.3) is 11.4 Å². The van der Waals surface area contributed by atoms with Crippen LogP contribution >= 0.6 is 11.8 Å². The molecule has 0 aliphatic rings. The summed E-state index contributed by atoms with van der Waals surface area (Å²) in [6.45, 7) is 8.16. The van der Waals surface area contributed by atoms with Crippen LogP contribution in [0.3, 0.4) is 0 Å². The van der Waals surface area contributed by atoms with Gasteiger partial charge in [0, 0.05) is 17.8 Å². The van der Waals surface area contributed by atoms with E-state index in [1.165, 1.54) is 11.8 Å². The number of unbranched alkanes of at least 4 members (excludes halogenated alkanes) is 1. The summed E-state index contributed by atoms with van der Waals surface area (Å²) in [4.78, 5) is 12.4. The van der Waals surface area contributed by atoms with Gasteiger partial charge in [0.15, 0.2) is 11.0 Å². The second kappa shape index (κ2) is 12.1. The fourth-order valence-electron chi connectivity index (χ4n) is 3.06. The zero-order valence-electron chi connectivity index (χ0n) is 18.8. The van der Waals surface area contributed by atoms with Crippen LogP contribution in [0.15, 0.2) is 53.7 Å². The van der Waals surface area contributed by atoms with E-state index < -0.39 is 0 Å². The van der Waals surface area contributed by atoms with Gasteiger partial charge in [-0.2, -0.15) is 0 Å². The van der Waals surface area contributed by atoms with Gasteiger partial charge in [-0.1, -0.05) is 25.1 Å². The molecule has 0 bridgehead atoms. The first-order chi connectivity index (χ1) is 15.6. The minimum absolute atomic E-state index is 0.0973. The normalized spacial score (nSPS) is 10.7. The van der Waals surface area contributed by atoms with Crippen LogP contribution in [0.2, 0.25) is 0 Å². The third kappa shape index (κ3) is 6.50. The van der Waals surface area contributed by atoms with E-state index in [1.807, 2.05) is 66.9 Å². The zero-order chi connectivity index (χ0) is 22.8. The van der Waals surface area contributed by atoms with Crippen molar-refractivity contribution in [2.24, 2.45) is 0 Å². The molecule has 7 nitrogen and oxygen atoms in total. The van der Waals surface area contributed by atoms with Gasteiger partial charge in [0.2, 0.25) is 5.91 Å². The molecule has 0 saturated heterocycles. The highest BCUT2D eigenvalue weighted by Gasteiger charge is 2.15. The van der Waals surface area contributed by atoms with Crippen molar-refractivity contribution < 1.29 is 14.3 Å². The number of rotatable bonds is 12. The number of hydrogen-bond donors (Lipinski definition) is 1. The number of ether oxygens (including phenoxy) is 2. The summed E-state index contributed by atoms with van der Waals surface area (Å²) >= 11 is 1.37. The molecule has 0 atom stereocenters. The number of thioether (sulfide) groups is 1. The van der Waals surface area contributed by atoms with Gasteiger partial charge in [-0.05, 0) is 68.8 Å². The van der Waals surface area contributed by atoms with E-state index in [2.05, 4.69) is 22.4 Å². The summed E-state index contributed by atoms with van der Waals surface area (Å²) in [5.74, 6) is 2.56. The van der Waals surface area contributed by atoms with E-state index >= 15 is 0 Å². The molecule has 1 heterocycles. The largest absolute Gasteiger partial charge is 0.494 e. The monoisotopic (exact) mass is 454 g/mol. The first-order valence-electron chi connectivity index (χ1n) is 11.0. The molecule has 0 unspecified atom stereocenters. The van der Waals surface area contributed by atoms with Gasteiger partial charge in [0.25, 0.3) is 0 Å². The standard InChI is InChI=1S/C24H30N4O3S/c1-4-7-16-31-21-12-8-18(9-13-21)23-26-27-24(28(23)5-2)32-17-22(29)25-19-10-14-20(15-11-19)30-6-3/h8-15H,4-7,16-17H2,1-3H3,(H,25,29). The molecule has 0 aliphatic carbocycles. The lowest BCUT2D eigenvalue weighted by atomic mass is 10.2. The number of benzene rings is 2. The van der Waals surface area contributed by atoms with Crippen molar-refractivity contribution in [3.8, 4) is 22.9 Å². The Balaban J connectivity index is 1.59. The Bertz CT molecular complexity index is 987. The van der Waals surface area contributed by atoms with Crippen LogP contribution in [0.1, 0.15) is 33.6 Å². The quantitative estimate of drug-likeness (QED) is 0.297. The van der Waals surface area contributed by atoms with Crippen LogP contribution in [0.5, 0.6) is 11.5 Å². The lowest BCUT2D eigenvalue weighted by molar-refractivity contribution is -0.113. The van der Waals surface area contributed by atoms with E-state index in [-0.39, 0.29) is 11.7 Å². The fraction of sp³-hybridized carbons (Fsp3) is 0.375. The second-order valence-electron chi connectivity index (χ2n) is 7.07. The average Bonchev–Trinajstić information content (AvgIpc) is 3.23. The summed E-state index contributed by atoms with van der Waals surface area (Å²) in [6, 6.07) is 15.2. The molecule has 0 fully saturated rings. The third-order valence-corrected chi connectivity index (χ3v) is 5.66. The maximum absolute atomic E-state index is 12.4. The first-order valence-corrected chi connectivity index (χ1v) is 11.9. The lowest BCUT2D eigenvalue weighted by Crippen LogP contribution is -2.14. The predicted octanol–water partition coefficient (Wildman–Crippen LogP) is 5.27. The fourth-order valence-corrected chi connectivity index (χ4v) is 3.86. The molecular weight excluding hydrogens is 424 g/mol. The molecule has 2 aromatic carbocycles. The van der Waals surface area contributed by atoms with Crippen molar-refractivity contribution >= 4 is 23.4 Å². The van der Waals surface area contributed by atoms with Crippen LogP contribution in [0, 0.1) is 0 Å². The highest BCUT2D eigenvalue weighted by atomic mass is 32.2. The van der Waals surface area contributed by atoms with Gasteiger partial charge in [-0.25, -0.2) is 0 Å². The van der Waals surface area contributed by atoms with Gasteiger partial charge in [-0.15, -0.1) is 10.2 Å². The SMILES string of the molecule is CCCCOc1ccc(-c2nnc(SCC(=O)Nc3ccc(OCC)cc3)n2CC)cc1. The number of carbonyl (C=O) groups is 1. The van der Waals surface area contributed by atoms with Crippen molar-refractivity contribution in [2.75, 3.05) is 24.3 Å². The summed E-state index contributed by atoms with van der Waals surface area (Å²) in [5, 5.41) is 12.3. The molecule has 0 spiro atoms. The highest BCUT2D eigenvalue weighted by molar-refractivity contribution is 7.99. The van der Waals surface area contributed by atoms with Crippen LogP contribution in [-0.4, -0.2) is 39.6 Å². The van der Waals surface area contributed by atoms with Gasteiger partial charge < -0.3 is 19.4 Å². The van der Waals surface area contributed by atoms with Crippen molar-refractivity contribution in [1.29, 1.82) is 0 Å². The molecule has 0 radical (unpaired) electrons. The maximum Gasteiger partial charge on any atom is 0.234 e. The summed E-state index contributed by atoms with van der Waals surface area (Å²) in [6.07, 6.45) is 2.15. The van der Waals surface area contributed by atoms with Gasteiger partial charge >= 0.3 is 0 Å². The Hall–Kier alpha value is -3.00. The number of aromatic nitrogens is 3. The molecule has 3 aromatic rings. The molecular formula is C24H30N4O3S. The van der Waals surface area contributed by atoms with Crippen LogP contribution in [-0.2, 0) is 11.3 Å². The smallest absolute Gasteiger partial charge is 0.234 e. The Labute approximate surface area is 193 Å². The average molecular weight is 455 g/mol. The molecule has 32 heavy (non-hydrogen) atoms. The number of anilines is 1. The van der Waals surface area contributed by atoms with E-state index in [1.54, 1.807) is 0 Å². The van der Waals surface area contributed by atoms with Crippen molar-refractivity contribution in [3.05, 3.63) is 48.5 Å². The molecule has 0 aliphatic heterocycles. The van der Waals surface area contributed by atoms with E-state index in [9.17, 15) is 4.79 Å². The molecule has 1 N–H and O–H groups in total. The maximum atomic E-state index is 12.4. The summed E-state index contributed by atoms with van der Waals surface area (Å²) in [5.41, 5.74) is 1.70. The topological polar surface area (TPSA) is 78.3 Å².